The molecule has 2 rings (SSSR count). The Hall–Kier alpha value is -2.82. The molecule has 2 amide bonds. The summed E-state index contributed by atoms with van der Waals surface area (Å²) in [4.78, 5) is 23.7. The molecule has 0 bridgehead atoms. The SMILES string of the molecule is CCCCOC(=O)c1ccc(NC(=O)Nc2ccc(C)cc2)cc1. The van der Waals surface area contributed by atoms with Crippen LogP contribution in [-0.2, 0) is 4.74 Å². The molecule has 0 saturated carbocycles. The van der Waals surface area contributed by atoms with E-state index in [1.54, 1.807) is 24.3 Å². The highest BCUT2D eigenvalue weighted by atomic mass is 16.5. The van der Waals surface area contributed by atoms with Crippen molar-refractivity contribution < 1.29 is 14.3 Å². The number of nitrogens with one attached hydrogen (secondary N) is 2. The molecule has 2 N–H and O–H groups in total. The smallest absolute Gasteiger partial charge is 0.338 e. The Morgan fingerprint density at radius 2 is 1.46 bits per heavy atom. The maximum absolute atomic E-state index is 11.9. The molecule has 0 fully saturated rings. The molecule has 24 heavy (non-hydrogen) atoms. The minimum Gasteiger partial charge on any atom is -0.462 e. The molecular weight excluding hydrogens is 304 g/mol. The number of hydrogen-bond acceptors (Lipinski definition) is 3. The predicted octanol–water partition coefficient (Wildman–Crippen LogP) is 4.60. The van der Waals surface area contributed by atoms with Crippen molar-refractivity contribution in [3.63, 3.8) is 0 Å². The van der Waals surface area contributed by atoms with E-state index in [4.69, 9.17) is 4.74 Å². The van der Waals surface area contributed by atoms with Crippen LogP contribution in [0.5, 0.6) is 0 Å². The van der Waals surface area contributed by atoms with Gasteiger partial charge in [0, 0.05) is 11.4 Å². The van der Waals surface area contributed by atoms with Gasteiger partial charge in [-0.25, -0.2) is 9.59 Å². The summed E-state index contributed by atoms with van der Waals surface area (Å²) in [5.41, 5.74) is 2.91. The summed E-state index contributed by atoms with van der Waals surface area (Å²) in [5, 5.41) is 5.47. The fourth-order valence-corrected chi connectivity index (χ4v) is 2.01. The molecular formula is C19H22N2O3. The topological polar surface area (TPSA) is 67.4 Å². The lowest BCUT2D eigenvalue weighted by Gasteiger charge is -2.09. The van der Waals surface area contributed by atoms with Crippen molar-refractivity contribution in [2.45, 2.75) is 26.7 Å². The monoisotopic (exact) mass is 326 g/mol. The second-order valence-electron chi connectivity index (χ2n) is 5.51. The number of ether oxygens (including phenoxy) is 1. The van der Waals surface area contributed by atoms with E-state index < -0.39 is 0 Å². The number of amides is 2. The number of benzene rings is 2. The molecule has 5 nitrogen and oxygen atoms in total. The fourth-order valence-electron chi connectivity index (χ4n) is 2.01. The average Bonchev–Trinajstić information content (AvgIpc) is 2.58. The van der Waals surface area contributed by atoms with E-state index in [1.165, 1.54) is 0 Å². The standard InChI is InChI=1S/C19H22N2O3/c1-3-4-13-24-18(22)15-7-11-17(12-8-15)21-19(23)20-16-9-5-14(2)6-10-16/h5-12H,3-4,13H2,1-2H3,(H2,20,21,23). The van der Waals surface area contributed by atoms with E-state index in [-0.39, 0.29) is 12.0 Å². The first kappa shape index (κ1) is 17.5. The lowest BCUT2D eigenvalue weighted by molar-refractivity contribution is 0.0500. The Labute approximate surface area is 142 Å². The number of unbranched alkanes of at least 4 members (excludes halogenated alkanes) is 1. The van der Waals surface area contributed by atoms with Gasteiger partial charge in [0.2, 0.25) is 0 Å². The summed E-state index contributed by atoms with van der Waals surface area (Å²) in [6.45, 7) is 4.45. The molecule has 0 heterocycles. The first-order valence-corrected chi connectivity index (χ1v) is 8.00. The zero-order chi connectivity index (χ0) is 17.4. The number of carbonyl (C=O) groups is 2. The minimum atomic E-state index is -0.348. The molecule has 0 saturated heterocycles. The summed E-state index contributed by atoms with van der Waals surface area (Å²) in [6, 6.07) is 13.8. The Balaban J connectivity index is 1.87. The van der Waals surface area contributed by atoms with Gasteiger partial charge in [-0.2, -0.15) is 0 Å². The first-order chi connectivity index (χ1) is 11.6. The van der Waals surface area contributed by atoms with Gasteiger partial charge in [0.05, 0.1) is 12.2 Å². The van der Waals surface area contributed by atoms with Crippen molar-refractivity contribution in [2.75, 3.05) is 17.2 Å². The molecule has 5 heteroatoms. The van der Waals surface area contributed by atoms with Crippen molar-refractivity contribution in [2.24, 2.45) is 0 Å². The van der Waals surface area contributed by atoms with E-state index in [1.807, 2.05) is 38.1 Å². The summed E-state index contributed by atoms with van der Waals surface area (Å²) >= 11 is 0. The molecule has 0 radical (unpaired) electrons. The zero-order valence-electron chi connectivity index (χ0n) is 14.0. The van der Waals surface area contributed by atoms with Gasteiger partial charge in [-0.15, -0.1) is 0 Å². The number of esters is 1. The highest BCUT2D eigenvalue weighted by Gasteiger charge is 2.08. The van der Waals surface area contributed by atoms with Crippen LogP contribution in [0.1, 0.15) is 35.7 Å². The lowest BCUT2D eigenvalue weighted by Crippen LogP contribution is -2.19. The van der Waals surface area contributed by atoms with E-state index >= 15 is 0 Å². The molecule has 0 aromatic heterocycles. The van der Waals surface area contributed by atoms with Crippen molar-refractivity contribution in [3.8, 4) is 0 Å². The summed E-state index contributed by atoms with van der Waals surface area (Å²) in [5.74, 6) is -0.348. The van der Waals surface area contributed by atoms with Gasteiger partial charge in [-0.05, 0) is 49.7 Å². The van der Waals surface area contributed by atoms with Crippen LogP contribution in [0.4, 0.5) is 16.2 Å². The number of urea groups is 1. The van der Waals surface area contributed by atoms with Crippen LogP contribution >= 0.6 is 0 Å². The Kier molecular flexibility index (Phi) is 6.37. The van der Waals surface area contributed by atoms with E-state index in [0.717, 1.165) is 18.4 Å². The normalized spacial score (nSPS) is 10.1. The van der Waals surface area contributed by atoms with E-state index in [2.05, 4.69) is 10.6 Å². The number of aryl methyl sites for hydroxylation is 1. The lowest BCUT2D eigenvalue weighted by atomic mass is 10.2. The maximum Gasteiger partial charge on any atom is 0.338 e. The van der Waals surface area contributed by atoms with E-state index in [9.17, 15) is 9.59 Å². The molecule has 2 aromatic carbocycles. The third-order valence-electron chi connectivity index (χ3n) is 3.42. The van der Waals surface area contributed by atoms with Gasteiger partial charge in [-0.3, -0.25) is 0 Å². The Bertz CT molecular complexity index is 679. The van der Waals surface area contributed by atoms with Crippen molar-refractivity contribution in [1.29, 1.82) is 0 Å². The Morgan fingerprint density at radius 3 is 2.00 bits per heavy atom. The zero-order valence-corrected chi connectivity index (χ0v) is 14.0. The summed E-state index contributed by atoms with van der Waals surface area (Å²) < 4.78 is 5.14. The van der Waals surface area contributed by atoms with Crippen molar-refractivity contribution >= 4 is 23.4 Å². The van der Waals surface area contributed by atoms with Crippen LogP contribution < -0.4 is 10.6 Å². The molecule has 126 valence electrons. The maximum atomic E-state index is 11.9. The first-order valence-electron chi connectivity index (χ1n) is 8.00. The number of carbonyl (C=O) groups excluding carboxylic acids is 2. The minimum absolute atomic E-state index is 0.336. The highest BCUT2D eigenvalue weighted by molar-refractivity contribution is 6.00. The van der Waals surface area contributed by atoms with Crippen LogP contribution in [0.25, 0.3) is 0 Å². The molecule has 0 spiro atoms. The van der Waals surface area contributed by atoms with Gasteiger partial charge in [0.25, 0.3) is 0 Å². The predicted molar refractivity (Wildman–Crippen MR) is 95.5 cm³/mol. The van der Waals surface area contributed by atoms with Crippen molar-refractivity contribution in [1.82, 2.24) is 0 Å². The number of anilines is 2. The quantitative estimate of drug-likeness (QED) is 0.602. The van der Waals surface area contributed by atoms with Gasteiger partial charge < -0.3 is 15.4 Å². The van der Waals surface area contributed by atoms with Crippen LogP contribution in [-0.4, -0.2) is 18.6 Å². The molecule has 0 aliphatic heterocycles. The van der Waals surface area contributed by atoms with Gasteiger partial charge in [0.15, 0.2) is 0 Å². The summed E-state index contributed by atoms with van der Waals surface area (Å²) in [6.07, 6.45) is 1.83. The average molecular weight is 326 g/mol. The van der Waals surface area contributed by atoms with Gasteiger partial charge in [0.1, 0.15) is 0 Å². The van der Waals surface area contributed by atoms with Crippen LogP contribution in [0.15, 0.2) is 48.5 Å². The largest absolute Gasteiger partial charge is 0.462 e. The van der Waals surface area contributed by atoms with E-state index in [0.29, 0.717) is 23.5 Å². The second kappa shape index (κ2) is 8.72. The summed E-state index contributed by atoms with van der Waals surface area (Å²) in [7, 11) is 0. The molecule has 0 unspecified atom stereocenters. The van der Waals surface area contributed by atoms with Crippen LogP contribution in [0.2, 0.25) is 0 Å². The molecule has 2 aromatic rings. The van der Waals surface area contributed by atoms with Crippen LogP contribution in [0.3, 0.4) is 0 Å². The van der Waals surface area contributed by atoms with Gasteiger partial charge >= 0.3 is 12.0 Å². The van der Waals surface area contributed by atoms with Gasteiger partial charge in [-0.1, -0.05) is 31.0 Å². The fraction of sp³-hybridized carbons (Fsp3) is 0.263. The second-order valence-corrected chi connectivity index (χ2v) is 5.51. The number of hydrogen-bond donors (Lipinski definition) is 2. The van der Waals surface area contributed by atoms with Crippen molar-refractivity contribution in [3.05, 3.63) is 59.7 Å². The Morgan fingerprint density at radius 1 is 0.917 bits per heavy atom. The van der Waals surface area contributed by atoms with Crippen LogP contribution in [0, 0.1) is 6.92 Å². The molecule has 0 atom stereocenters. The third kappa shape index (κ3) is 5.43. The highest BCUT2D eigenvalue weighted by Crippen LogP contribution is 2.13. The third-order valence-corrected chi connectivity index (χ3v) is 3.42. The number of rotatable bonds is 6. The molecule has 0 aliphatic rings. The molecule has 0 aliphatic carbocycles.